The fourth-order valence-corrected chi connectivity index (χ4v) is 5.87. The van der Waals surface area contributed by atoms with Crippen molar-refractivity contribution >= 4 is 38.7 Å². The molecule has 2 aromatic carbocycles. The Morgan fingerprint density at radius 2 is 1.77 bits per heavy atom. The number of hydrogen-bond acceptors (Lipinski definition) is 7. The van der Waals surface area contributed by atoms with Crippen molar-refractivity contribution < 1.29 is 27.6 Å². The summed E-state index contributed by atoms with van der Waals surface area (Å²) >= 11 is 0. The summed E-state index contributed by atoms with van der Waals surface area (Å²) in [5.74, 6) is -1.42. The summed E-state index contributed by atoms with van der Waals surface area (Å²) < 4.78 is 25.6. The summed E-state index contributed by atoms with van der Waals surface area (Å²) in [6.07, 6.45) is 0.512. The number of fused-ring (bicyclic) bond motifs is 2. The van der Waals surface area contributed by atoms with Gasteiger partial charge in [-0.25, -0.2) is 18.2 Å². The average Bonchev–Trinajstić information content (AvgIpc) is 3.34. The topological polar surface area (TPSA) is 116 Å². The van der Waals surface area contributed by atoms with Crippen molar-refractivity contribution in [2.45, 2.75) is 19.4 Å². The second kappa shape index (κ2) is 6.74. The number of amides is 2. The van der Waals surface area contributed by atoms with Crippen LogP contribution < -0.4 is 0 Å². The van der Waals surface area contributed by atoms with E-state index in [4.69, 9.17) is 4.84 Å². The highest BCUT2D eigenvalue weighted by Crippen LogP contribution is 2.30. The van der Waals surface area contributed by atoms with Crippen LogP contribution in [0.25, 0.3) is 11.0 Å². The second-order valence-corrected chi connectivity index (χ2v) is 9.85. The predicted octanol–water partition coefficient (Wildman–Crippen LogP) is 2.07. The van der Waals surface area contributed by atoms with Crippen molar-refractivity contribution in [3.63, 3.8) is 0 Å². The minimum atomic E-state index is -3.07. The van der Waals surface area contributed by atoms with Crippen LogP contribution in [-0.4, -0.2) is 52.3 Å². The number of imidazole rings is 1. The maximum atomic E-state index is 12.6. The zero-order chi connectivity index (χ0) is 21.9. The van der Waals surface area contributed by atoms with Crippen molar-refractivity contribution in [3.8, 4) is 0 Å². The molecule has 2 aliphatic rings. The van der Waals surface area contributed by atoms with Crippen LogP contribution in [0.5, 0.6) is 0 Å². The Balaban J connectivity index is 1.42. The Morgan fingerprint density at radius 3 is 2.39 bits per heavy atom. The highest BCUT2D eigenvalue weighted by atomic mass is 32.2. The fraction of sp³-hybridized carbons (Fsp3) is 0.238. The molecule has 0 spiro atoms. The first-order valence-corrected chi connectivity index (χ1v) is 11.5. The lowest BCUT2D eigenvalue weighted by Gasteiger charge is -2.14. The largest absolute Gasteiger partial charge is 0.364 e. The monoisotopic (exact) mass is 439 g/mol. The first-order chi connectivity index (χ1) is 14.7. The number of aromatic nitrogens is 2. The lowest BCUT2D eigenvalue weighted by atomic mass is 10.1. The summed E-state index contributed by atoms with van der Waals surface area (Å²) in [5.41, 5.74) is 1.68. The summed E-state index contributed by atoms with van der Waals surface area (Å²) in [7, 11) is -3.07. The van der Waals surface area contributed by atoms with Gasteiger partial charge < -0.3 is 9.40 Å². The van der Waals surface area contributed by atoms with Crippen LogP contribution >= 0.6 is 0 Å². The molecular weight excluding hydrogens is 422 g/mol. The normalized spacial score (nSPS) is 19.8. The van der Waals surface area contributed by atoms with Crippen molar-refractivity contribution in [1.82, 2.24) is 14.6 Å². The Labute approximate surface area is 177 Å². The van der Waals surface area contributed by atoms with E-state index in [0.29, 0.717) is 28.3 Å². The van der Waals surface area contributed by atoms with Crippen LogP contribution in [0.2, 0.25) is 0 Å². The smallest absolute Gasteiger partial charge is 0.324 e. The molecule has 3 aromatic rings. The summed E-state index contributed by atoms with van der Waals surface area (Å²) in [6, 6.07) is 10.7. The van der Waals surface area contributed by atoms with E-state index in [1.807, 2.05) is 4.57 Å². The average molecular weight is 439 g/mol. The predicted molar refractivity (Wildman–Crippen MR) is 109 cm³/mol. The molecule has 0 bridgehead atoms. The van der Waals surface area contributed by atoms with Gasteiger partial charge in [0, 0.05) is 0 Å². The molecule has 1 aromatic heterocycles. The van der Waals surface area contributed by atoms with Gasteiger partial charge in [0.2, 0.25) is 0 Å². The number of carbonyl (C=O) groups excluding carboxylic acids is 3. The molecule has 1 fully saturated rings. The van der Waals surface area contributed by atoms with Gasteiger partial charge in [-0.3, -0.25) is 9.59 Å². The van der Waals surface area contributed by atoms with E-state index in [2.05, 4.69) is 4.98 Å². The fourth-order valence-electron chi connectivity index (χ4n) is 4.17. The molecule has 0 radical (unpaired) electrons. The molecule has 2 amide bonds. The first kappa shape index (κ1) is 19.4. The van der Waals surface area contributed by atoms with E-state index < -0.39 is 27.6 Å². The minimum absolute atomic E-state index is 0.0584. The van der Waals surface area contributed by atoms with Crippen LogP contribution in [0.4, 0.5) is 0 Å². The molecule has 3 heterocycles. The molecular formula is C21H17N3O6S. The lowest BCUT2D eigenvalue weighted by Crippen LogP contribution is -2.32. The Kier molecular flexibility index (Phi) is 4.23. The number of benzene rings is 2. The first-order valence-electron chi connectivity index (χ1n) is 9.64. The lowest BCUT2D eigenvalue weighted by molar-refractivity contribution is -0.0584. The molecule has 2 aliphatic heterocycles. The summed E-state index contributed by atoms with van der Waals surface area (Å²) in [6.45, 7) is 1.78. The van der Waals surface area contributed by atoms with Crippen LogP contribution in [-0.2, 0) is 14.7 Å². The number of carbonyl (C=O) groups is 3. The van der Waals surface area contributed by atoms with Crippen LogP contribution in [0, 0.1) is 6.92 Å². The molecule has 9 nitrogen and oxygen atoms in total. The van der Waals surface area contributed by atoms with Gasteiger partial charge in [0.15, 0.2) is 9.84 Å². The van der Waals surface area contributed by atoms with Crippen LogP contribution in [0.15, 0.2) is 42.5 Å². The zero-order valence-electron chi connectivity index (χ0n) is 16.4. The number of aryl methyl sites for hydroxylation is 1. The highest BCUT2D eigenvalue weighted by Gasteiger charge is 2.39. The van der Waals surface area contributed by atoms with E-state index in [-0.39, 0.29) is 34.2 Å². The highest BCUT2D eigenvalue weighted by molar-refractivity contribution is 7.91. The van der Waals surface area contributed by atoms with Gasteiger partial charge in [0.05, 0.1) is 45.3 Å². The molecule has 0 aliphatic carbocycles. The number of nitrogens with zero attached hydrogens (tertiary/aromatic N) is 3. The second-order valence-electron chi connectivity index (χ2n) is 7.62. The van der Waals surface area contributed by atoms with E-state index in [1.54, 1.807) is 25.1 Å². The third-order valence-electron chi connectivity index (χ3n) is 5.61. The molecule has 5 rings (SSSR count). The van der Waals surface area contributed by atoms with E-state index in [0.717, 1.165) is 0 Å². The molecule has 1 atom stereocenters. The number of sulfone groups is 1. The number of hydroxylamine groups is 2. The number of rotatable bonds is 3. The molecule has 0 saturated carbocycles. The van der Waals surface area contributed by atoms with E-state index >= 15 is 0 Å². The molecule has 0 N–H and O–H groups in total. The number of imide groups is 1. The molecule has 10 heteroatoms. The van der Waals surface area contributed by atoms with E-state index in [1.165, 1.54) is 24.3 Å². The molecule has 1 unspecified atom stereocenters. The standard InChI is InChI=1S/C21H17N3O6S/c1-12-22-17-10-13(6-7-18(17)23(12)14-8-9-31(28,29)11-14)21(27)30-24-19(25)15-4-2-3-5-16(15)20(24)26/h2-7,10,14H,8-9,11H2,1H3. The summed E-state index contributed by atoms with van der Waals surface area (Å²) in [5, 5.41) is 0.463. The quantitative estimate of drug-likeness (QED) is 0.574. The number of hydrogen-bond donors (Lipinski definition) is 0. The maximum absolute atomic E-state index is 12.6. The van der Waals surface area contributed by atoms with Gasteiger partial charge in [0.25, 0.3) is 11.8 Å². The van der Waals surface area contributed by atoms with Gasteiger partial charge in [-0.1, -0.05) is 17.2 Å². The van der Waals surface area contributed by atoms with Crippen LogP contribution in [0.1, 0.15) is 49.4 Å². The minimum Gasteiger partial charge on any atom is -0.324 e. The van der Waals surface area contributed by atoms with Gasteiger partial charge in [-0.05, 0) is 43.7 Å². The van der Waals surface area contributed by atoms with E-state index in [9.17, 15) is 22.8 Å². The molecule has 31 heavy (non-hydrogen) atoms. The zero-order valence-corrected chi connectivity index (χ0v) is 17.3. The third kappa shape index (κ3) is 3.10. The molecule has 1 saturated heterocycles. The Hall–Kier alpha value is -3.53. The van der Waals surface area contributed by atoms with Gasteiger partial charge >= 0.3 is 5.97 Å². The molecule has 158 valence electrons. The van der Waals surface area contributed by atoms with Crippen molar-refractivity contribution in [2.24, 2.45) is 0 Å². The van der Waals surface area contributed by atoms with Crippen molar-refractivity contribution in [2.75, 3.05) is 11.5 Å². The Bertz CT molecular complexity index is 1360. The van der Waals surface area contributed by atoms with Gasteiger partial charge in [0.1, 0.15) is 5.82 Å². The third-order valence-corrected chi connectivity index (χ3v) is 7.36. The van der Waals surface area contributed by atoms with Crippen molar-refractivity contribution in [3.05, 3.63) is 65.0 Å². The van der Waals surface area contributed by atoms with Gasteiger partial charge in [-0.2, -0.15) is 0 Å². The van der Waals surface area contributed by atoms with Gasteiger partial charge in [-0.15, -0.1) is 0 Å². The Morgan fingerprint density at radius 1 is 1.10 bits per heavy atom. The maximum Gasteiger partial charge on any atom is 0.364 e. The van der Waals surface area contributed by atoms with Crippen LogP contribution in [0.3, 0.4) is 0 Å². The van der Waals surface area contributed by atoms with Crippen molar-refractivity contribution in [1.29, 1.82) is 0 Å². The SMILES string of the molecule is Cc1nc2cc(C(=O)ON3C(=O)c4ccccc4C3=O)ccc2n1C1CCS(=O)(=O)C1. The summed E-state index contributed by atoms with van der Waals surface area (Å²) in [4.78, 5) is 47.0.